The molecule has 0 unspecified atom stereocenters. The van der Waals surface area contributed by atoms with Crippen molar-refractivity contribution in [2.45, 2.75) is 13.5 Å². The summed E-state index contributed by atoms with van der Waals surface area (Å²) >= 11 is 5.67. The predicted octanol–water partition coefficient (Wildman–Crippen LogP) is 2.05. The van der Waals surface area contributed by atoms with Crippen molar-refractivity contribution in [2.24, 2.45) is 0 Å². The summed E-state index contributed by atoms with van der Waals surface area (Å²) in [6.07, 6.45) is 0. The Morgan fingerprint density at radius 3 is 2.69 bits per heavy atom. The maximum Gasteiger partial charge on any atom is 0.277 e. The molecular formula is C8H8ClNO3. The van der Waals surface area contributed by atoms with Crippen LogP contribution < -0.4 is 0 Å². The number of aryl methyl sites for hydroxylation is 1. The highest BCUT2D eigenvalue weighted by atomic mass is 35.5. The summed E-state index contributed by atoms with van der Waals surface area (Å²) in [5, 5.41) is 19.8. The van der Waals surface area contributed by atoms with E-state index in [1.807, 2.05) is 0 Å². The lowest BCUT2D eigenvalue weighted by atomic mass is 10.1. The lowest BCUT2D eigenvalue weighted by molar-refractivity contribution is -0.386. The van der Waals surface area contributed by atoms with Crippen molar-refractivity contribution in [1.29, 1.82) is 0 Å². The standard InChI is InChI=1S/C8H8ClNO3/c1-5-2-7(9)3-6(4-11)8(5)10(12)13/h2-3,11H,4H2,1H3. The molecular weight excluding hydrogens is 194 g/mol. The molecule has 0 saturated heterocycles. The van der Waals surface area contributed by atoms with Crippen LogP contribution in [0.2, 0.25) is 5.02 Å². The third-order valence-electron chi connectivity index (χ3n) is 1.70. The summed E-state index contributed by atoms with van der Waals surface area (Å²) in [5.41, 5.74) is 0.642. The molecule has 4 nitrogen and oxygen atoms in total. The number of nitro groups is 1. The molecule has 0 radical (unpaired) electrons. The van der Waals surface area contributed by atoms with E-state index >= 15 is 0 Å². The zero-order valence-electron chi connectivity index (χ0n) is 6.95. The molecule has 0 aliphatic heterocycles. The largest absolute Gasteiger partial charge is 0.391 e. The van der Waals surface area contributed by atoms with Crippen LogP contribution in [0.15, 0.2) is 12.1 Å². The van der Waals surface area contributed by atoms with Crippen molar-refractivity contribution in [1.82, 2.24) is 0 Å². The van der Waals surface area contributed by atoms with Crippen molar-refractivity contribution in [3.8, 4) is 0 Å². The summed E-state index contributed by atoms with van der Waals surface area (Å²) in [7, 11) is 0. The number of benzene rings is 1. The van der Waals surface area contributed by atoms with E-state index in [4.69, 9.17) is 16.7 Å². The molecule has 0 saturated carbocycles. The van der Waals surface area contributed by atoms with E-state index in [0.29, 0.717) is 10.6 Å². The van der Waals surface area contributed by atoms with Crippen LogP contribution in [-0.4, -0.2) is 10.0 Å². The van der Waals surface area contributed by atoms with E-state index in [-0.39, 0.29) is 17.9 Å². The number of nitrogens with zero attached hydrogens (tertiary/aromatic N) is 1. The van der Waals surface area contributed by atoms with Gasteiger partial charge in [-0.05, 0) is 19.1 Å². The van der Waals surface area contributed by atoms with Crippen molar-refractivity contribution < 1.29 is 10.0 Å². The first-order valence-electron chi connectivity index (χ1n) is 3.60. The summed E-state index contributed by atoms with van der Waals surface area (Å²) in [6, 6.07) is 2.89. The van der Waals surface area contributed by atoms with Crippen molar-refractivity contribution in [3.63, 3.8) is 0 Å². The maximum atomic E-state index is 10.6. The van der Waals surface area contributed by atoms with Gasteiger partial charge < -0.3 is 5.11 Å². The Bertz CT molecular complexity index is 351. The second-order valence-electron chi connectivity index (χ2n) is 2.65. The lowest BCUT2D eigenvalue weighted by Gasteiger charge is -2.02. The Balaban J connectivity index is 3.38. The average Bonchev–Trinajstić information content (AvgIpc) is 2.01. The first kappa shape index (κ1) is 9.95. The molecule has 0 aliphatic rings. The van der Waals surface area contributed by atoms with Crippen LogP contribution in [0.3, 0.4) is 0 Å². The molecule has 13 heavy (non-hydrogen) atoms. The molecule has 70 valence electrons. The Morgan fingerprint density at radius 2 is 2.23 bits per heavy atom. The van der Waals surface area contributed by atoms with Crippen LogP contribution in [0.5, 0.6) is 0 Å². The van der Waals surface area contributed by atoms with Crippen LogP contribution in [-0.2, 0) is 6.61 Å². The fourth-order valence-electron chi connectivity index (χ4n) is 1.19. The van der Waals surface area contributed by atoms with Crippen LogP contribution in [0.1, 0.15) is 11.1 Å². The normalized spacial score (nSPS) is 10.1. The van der Waals surface area contributed by atoms with Crippen molar-refractivity contribution >= 4 is 17.3 Å². The topological polar surface area (TPSA) is 63.4 Å². The van der Waals surface area contributed by atoms with Crippen LogP contribution in [0, 0.1) is 17.0 Å². The van der Waals surface area contributed by atoms with Gasteiger partial charge in [0.05, 0.1) is 17.1 Å². The van der Waals surface area contributed by atoms with Gasteiger partial charge in [0, 0.05) is 10.6 Å². The van der Waals surface area contributed by atoms with Crippen molar-refractivity contribution in [2.75, 3.05) is 0 Å². The molecule has 1 N–H and O–H groups in total. The molecule has 0 fully saturated rings. The predicted molar refractivity (Wildman–Crippen MR) is 48.8 cm³/mol. The van der Waals surface area contributed by atoms with Gasteiger partial charge in [-0.1, -0.05) is 11.6 Å². The lowest BCUT2D eigenvalue weighted by Crippen LogP contribution is -1.98. The SMILES string of the molecule is Cc1cc(Cl)cc(CO)c1[N+](=O)[O-]. The first-order chi connectivity index (χ1) is 6.06. The van der Waals surface area contributed by atoms with Crippen LogP contribution >= 0.6 is 11.6 Å². The molecule has 5 heteroatoms. The molecule has 0 heterocycles. The highest BCUT2D eigenvalue weighted by Crippen LogP contribution is 2.27. The number of nitro benzene ring substituents is 1. The maximum absolute atomic E-state index is 10.6. The Hall–Kier alpha value is -1.13. The highest BCUT2D eigenvalue weighted by molar-refractivity contribution is 6.30. The summed E-state index contributed by atoms with van der Waals surface area (Å²) in [5.74, 6) is 0. The first-order valence-corrected chi connectivity index (χ1v) is 3.98. The number of rotatable bonds is 2. The molecule has 1 rings (SSSR count). The molecule has 1 aromatic carbocycles. The third kappa shape index (κ3) is 1.96. The number of aliphatic hydroxyl groups excluding tert-OH is 1. The quantitative estimate of drug-likeness (QED) is 0.588. The summed E-state index contributed by atoms with van der Waals surface area (Å²) in [4.78, 5) is 10.0. The van der Waals surface area contributed by atoms with Gasteiger partial charge in [0.1, 0.15) is 0 Å². The Kier molecular flexibility index (Phi) is 2.85. The minimum atomic E-state index is -0.517. The van der Waals surface area contributed by atoms with Gasteiger partial charge in [0.2, 0.25) is 0 Å². The molecule has 0 atom stereocenters. The third-order valence-corrected chi connectivity index (χ3v) is 1.92. The van der Waals surface area contributed by atoms with Gasteiger partial charge in [-0.25, -0.2) is 0 Å². The summed E-state index contributed by atoms with van der Waals surface area (Å²) < 4.78 is 0. The molecule has 0 amide bonds. The number of hydrogen-bond donors (Lipinski definition) is 1. The molecule has 1 aromatic rings. The monoisotopic (exact) mass is 201 g/mol. The van der Waals surface area contributed by atoms with Gasteiger partial charge in [0.15, 0.2) is 0 Å². The van der Waals surface area contributed by atoms with E-state index in [1.54, 1.807) is 6.92 Å². The molecule has 0 aliphatic carbocycles. The number of hydrogen-bond acceptors (Lipinski definition) is 3. The fraction of sp³-hybridized carbons (Fsp3) is 0.250. The molecule has 0 bridgehead atoms. The Morgan fingerprint density at radius 1 is 1.62 bits per heavy atom. The fourth-order valence-corrected chi connectivity index (χ4v) is 1.48. The molecule has 0 spiro atoms. The molecule has 0 aromatic heterocycles. The average molecular weight is 202 g/mol. The zero-order valence-corrected chi connectivity index (χ0v) is 7.71. The van der Waals surface area contributed by atoms with Gasteiger partial charge in [-0.15, -0.1) is 0 Å². The zero-order chi connectivity index (χ0) is 10.0. The van der Waals surface area contributed by atoms with E-state index < -0.39 is 4.92 Å². The van der Waals surface area contributed by atoms with E-state index in [0.717, 1.165) is 0 Å². The minimum Gasteiger partial charge on any atom is -0.391 e. The Labute approximate surface area is 79.9 Å². The van der Waals surface area contributed by atoms with Gasteiger partial charge in [-0.3, -0.25) is 10.1 Å². The van der Waals surface area contributed by atoms with E-state index in [2.05, 4.69) is 0 Å². The van der Waals surface area contributed by atoms with E-state index in [1.165, 1.54) is 12.1 Å². The van der Waals surface area contributed by atoms with Gasteiger partial charge in [0.25, 0.3) is 5.69 Å². The van der Waals surface area contributed by atoms with Crippen LogP contribution in [0.4, 0.5) is 5.69 Å². The summed E-state index contributed by atoms with van der Waals surface area (Å²) in [6.45, 7) is 1.21. The van der Waals surface area contributed by atoms with Crippen LogP contribution in [0.25, 0.3) is 0 Å². The van der Waals surface area contributed by atoms with Gasteiger partial charge >= 0.3 is 0 Å². The minimum absolute atomic E-state index is 0.0631. The second kappa shape index (κ2) is 3.72. The number of halogens is 1. The number of aliphatic hydroxyl groups is 1. The second-order valence-corrected chi connectivity index (χ2v) is 3.08. The van der Waals surface area contributed by atoms with Gasteiger partial charge in [-0.2, -0.15) is 0 Å². The van der Waals surface area contributed by atoms with E-state index in [9.17, 15) is 10.1 Å². The highest BCUT2D eigenvalue weighted by Gasteiger charge is 2.17. The smallest absolute Gasteiger partial charge is 0.277 e. The van der Waals surface area contributed by atoms with Crippen molar-refractivity contribution in [3.05, 3.63) is 38.4 Å².